The van der Waals surface area contributed by atoms with Crippen LogP contribution < -0.4 is 10.5 Å². The highest BCUT2D eigenvalue weighted by molar-refractivity contribution is 5.96. The molecule has 4 nitrogen and oxygen atoms in total. The number of nitrogens with two attached hydrogens (primary N) is 1. The lowest BCUT2D eigenvalue weighted by Crippen LogP contribution is -2.48. The van der Waals surface area contributed by atoms with Crippen molar-refractivity contribution in [3.8, 4) is 5.75 Å². The van der Waals surface area contributed by atoms with E-state index in [1.165, 1.54) is 0 Å². The molecule has 1 aliphatic carbocycles. The van der Waals surface area contributed by atoms with E-state index in [1.54, 1.807) is 14.0 Å². The largest absolute Gasteiger partial charge is 0.496 e. The quantitative estimate of drug-likeness (QED) is 0.862. The van der Waals surface area contributed by atoms with Crippen molar-refractivity contribution in [2.24, 2.45) is 11.7 Å². The molecule has 1 atom stereocenters. The summed E-state index contributed by atoms with van der Waals surface area (Å²) in [7, 11) is 1.64. The topological polar surface area (TPSA) is 61.5 Å². The number of rotatable bonds is 5. The number of ether oxygens (including phenoxy) is 2. The Kier molecular flexibility index (Phi) is 3.79. The molecule has 0 spiro atoms. The molecule has 1 saturated carbocycles. The molecule has 0 aliphatic heterocycles. The maximum Gasteiger partial charge on any atom is 0.331 e. The Morgan fingerprint density at radius 2 is 1.91 bits per heavy atom. The van der Waals surface area contributed by atoms with E-state index in [0.29, 0.717) is 6.61 Å². The van der Waals surface area contributed by atoms with Crippen LogP contribution in [0.4, 0.5) is 0 Å². The van der Waals surface area contributed by atoms with E-state index in [-0.39, 0.29) is 11.9 Å². The first-order valence-corrected chi connectivity index (χ1v) is 7.65. The third kappa shape index (κ3) is 2.24. The van der Waals surface area contributed by atoms with Crippen LogP contribution in [0.15, 0.2) is 36.4 Å². The van der Waals surface area contributed by atoms with Crippen LogP contribution in [-0.2, 0) is 15.1 Å². The summed E-state index contributed by atoms with van der Waals surface area (Å²) < 4.78 is 10.7. The van der Waals surface area contributed by atoms with Gasteiger partial charge < -0.3 is 15.2 Å². The fourth-order valence-corrected chi connectivity index (χ4v) is 3.10. The fourth-order valence-electron chi connectivity index (χ4n) is 3.10. The number of methoxy groups -OCH3 is 1. The lowest BCUT2D eigenvalue weighted by molar-refractivity contribution is -0.151. The zero-order valence-electron chi connectivity index (χ0n) is 13.0. The van der Waals surface area contributed by atoms with Gasteiger partial charge in [-0.25, -0.2) is 4.79 Å². The van der Waals surface area contributed by atoms with Gasteiger partial charge in [-0.2, -0.15) is 0 Å². The maximum absolute atomic E-state index is 12.6. The van der Waals surface area contributed by atoms with Gasteiger partial charge >= 0.3 is 5.97 Å². The summed E-state index contributed by atoms with van der Waals surface area (Å²) in [5.41, 5.74) is 6.34. The van der Waals surface area contributed by atoms with Crippen molar-refractivity contribution < 1.29 is 14.3 Å². The van der Waals surface area contributed by atoms with Crippen LogP contribution in [0.3, 0.4) is 0 Å². The summed E-state index contributed by atoms with van der Waals surface area (Å²) >= 11 is 0. The average molecular weight is 299 g/mol. The van der Waals surface area contributed by atoms with Crippen LogP contribution in [0, 0.1) is 5.92 Å². The molecule has 1 unspecified atom stereocenters. The van der Waals surface area contributed by atoms with E-state index < -0.39 is 5.54 Å². The van der Waals surface area contributed by atoms with E-state index in [1.807, 2.05) is 36.4 Å². The molecule has 4 heteroatoms. The Hall–Kier alpha value is -2.07. The SMILES string of the molecule is CCOC(=O)C(N)(c1ccc(OC)c2ccccc12)C1CC1. The first kappa shape index (κ1) is 14.9. The molecule has 0 heterocycles. The van der Waals surface area contributed by atoms with E-state index >= 15 is 0 Å². The predicted molar refractivity (Wildman–Crippen MR) is 85.7 cm³/mol. The minimum absolute atomic E-state index is 0.142. The number of hydrogen-bond donors (Lipinski definition) is 1. The van der Waals surface area contributed by atoms with Crippen molar-refractivity contribution in [2.75, 3.05) is 13.7 Å². The Bertz CT molecular complexity index is 709. The zero-order valence-corrected chi connectivity index (χ0v) is 13.0. The van der Waals surface area contributed by atoms with Crippen molar-refractivity contribution in [3.05, 3.63) is 42.0 Å². The van der Waals surface area contributed by atoms with Crippen molar-refractivity contribution in [3.63, 3.8) is 0 Å². The van der Waals surface area contributed by atoms with E-state index in [9.17, 15) is 4.79 Å². The summed E-state index contributed by atoms with van der Waals surface area (Å²) in [6.07, 6.45) is 1.91. The molecular formula is C18H21NO3. The van der Waals surface area contributed by atoms with Gasteiger partial charge in [0.2, 0.25) is 0 Å². The number of fused-ring (bicyclic) bond motifs is 1. The number of carbonyl (C=O) groups is 1. The second-order valence-corrected chi connectivity index (χ2v) is 5.72. The van der Waals surface area contributed by atoms with Crippen LogP contribution in [0.2, 0.25) is 0 Å². The molecule has 22 heavy (non-hydrogen) atoms. The van der Waals surface area contributed by atoms with Crippen molar-refractivity contribution in [1.29, 1.82) is 0 Å². The van der Waals surface area contributed by atoms with Gasteiger partial charge in [-0.15, -0.1) is 0 Å². The van der Waals surface area contributed by atoms with Crippen LogP contribution in [-0.4, -0.2) is 19.7 Å². The van der Waals surface area contributed by atoms with E-state index in [0.717, 1.165) is 34.9 Å². The third-order valence-corrected chi connectivity index (χ3v) is 4.38. The normalized spacial score (nSPS) is 17.0. The van der Waals surface area contributed by atoms with Gasteiger partial charge in [0.1, 0.15) is 11.3 Å². The van der Waals surface area contributed by atoms with Crippen molar-refractivity contribution in [1.82, 2.24) is 0 Å². The minimum Gasteiger partial charge on any atom is -0.496 e. The fraction of sp³-hybridized carbons (Fsp3) is 0.389. The van der Waals surface area contributed by atoms with Gasteiger partial charge in [0, 0.05) is 5.39 Å². The smallest absolute Gasteiger partial charge is 0.331 e. The van der Waals surface area contributed by atoms with Crippen LogP contribution >= 0.6 is 0 Å². The standard InChI is InChI=1S/C18H21NO3/c1-3-22-17(20)18(19,12-8-9-12)15-10-11-16(21-2)14-7-5-4-6-13(14)15/h4-7,10-12H,3,8-9,19H2,1-2H3. The summed E-state index contributed by atoms with van der Waals surface area (Å²) in [6, 6.07) is 11.6. The maximum atomic E-state index is 12.6. The lowest BCUT2D eigenvalue weighted by atomic mass is 9.82. The molecule has 0 bridgehead atoms. The predicted octanol–water partition coefficient (Wildman–Crippen LogP) is 2.98. The van der Waals surface area contributed by atoms with Crippen LogP contribution in [0.25, 0.3) is 10.8 Å². The second-order valence-electron chi connectivity index (χ2n) is 5.72. The second kappa shape index (κ2) is 5.61. The van der Waals surface area contributed by atoms with Gasteiger partial charge in [-0.3, -0.25) is 0 Å². The van der Waals surface area contributed by atoms with Gasteiger partial charge in [-0.05, 0) is 42.7 Å². The molecule has 0 amide bonds. The molecule has 3 rings (SSSR count). The molecule has 0 aromatic heterocycles. The van der Waals surface area contributed by atoms with Gasteiger partial charge in [0.25, 0.3) is 0 Å². The Morgan fingerprint density at radius 3 is 2.50 bits per heavy atom. The summed E-state index contributed by atoms with van der Waals surface area (Å²) in [5.74, 6) is 0.581. The van der Waals surface area contributed by atoms with E-state index in [2.05, 4.69) is 0 Å². The molecule has 0 saturated heterocycles. The first-order valence-electron chi connectivity index (χ1n) is 7.65. The summed E-state index contributed by atoms with van der Waals surface area (Å²) in [5, 5.41) is 1.91. The monoisotopic (exact) mass is 299 g/mol. The molecular weight excluding hydrogens is 278 g/mol. The highest BCUT2D eigenvalue weighted by atomic mass is 16.5. The van der Waals surface area contributed by atoms with Crippen LogP contribution in [0.5, 0.6) is 5.75 Å². The highest BCUT2D eigenvalue weighted by Gasteiger charge is 2.51. The minimum atomic E-state index is -1.08. The van der Waals surface area contributed by atoms with Crippen LogP contribution in [0.1, 0.15) is 25.3 Å². The number of benzene rings is 2. The highest BCUT2D eigenvalue weighted by Crippen LogP contribution is 2.47. The number of hydrogen-bond acceptors (Lipinski definition) is 4. The Morgan fingerprint density at radius 1 is 1.23 bits per heavy atom. The molecule has 1 aliphatic rings. The molecule has 0 radical (unpaired) electrons. The number of carbonyl (C=O) groups excluding carboxylic acids is 1. The Balaban J connectivity index is 2.21. The van der Waals surface area contributed by atoms with Crippen molar-refractivity contribution >= 4 is 16.7 Å². The molecule has 2 aromatic carbocycles. The molecule has 116 valence electrons. The van der Waals surface area contributed by atoms with Crippen molar-refractivity contribution in [2.45, 2.75) is 25.3 Å². The molecule has 2 N–H and O–H groups in total. The first-order chi connectivity index (χ1) is 10.6. The lowest BCUT2D eigenvalue weighted by Gasteiger charge is -2.29. The summed E-state index contributed by atoms with van der Waals surface area (Å²) in [4.78, 5) is 12.6. The van der Waals surface area contributed by atoms with Gasteiger partial charge in [-0.1, -0.05) is 30.3 Å². The van der Waals surface area contributed by atoms with E-state index in [4.69, 9.17) is 15.2 Å². The molecule has 1 fully saturated rings. The van der Waals surface area contributed by atoms with Gasteiger partial charge in [0.15, 0.2) is 0 Å². The summed E-state index contributed by atoms with van der Waals surface area (Å²) in [6.45, 7) is 2.13. The third-order valence-electron chi connectivity index (χ3n) is 4.38. The zero-order chi connectivity index (χ0) is 15.7. The van der Waals surface area contributed by atoms with Gasteiger partial charge in [0.05, 0.1) is 13.7 Å². The molecule has 2 aromatic rings. The Labute approximate surface area is 130 Å². The average Bonchev–Trinajstić information content (AvgIpc) is 3.38. The number of esters is 1.